The van der Waals surface area contributed by atoms with Crippen LogP contribution in [0, 0.1) is 0 Å². The maximum absolute atomic E-state index is 10.8. The van der Waals surface area contributed by atoms with Gasteiger partial charge in [0.2, 0.25) is 0 Å². The van der Waals surface area contributed by atoms with Crippen molar-refractivity contribution in [2.45, 2.75) is 5.75 Å². The van der Waals surface area contributed by atoms with Crippen molar-refractivity contribution in [3.8, 4) is 11.1 Å². The molecule has 1 unspecified atom stereocenters. The Kier molecular flexibility index (Phi) is 3.62. The smallest absolute Gasteiger partial charge is 0.157 e. The summed E-state index contributed by atoms with van der Waals surface area (Å²) in [7, 11) is 0. The molecule has 2 N–H and O–H groups in total. The molecule has 0 aromatic heterocycles. The van der Waals surface area contributed by atoms with Crippen molar-refractivity contribution in [2.75, 3.05) is 11.9 Å². The number of anilines is 1. The Morgan fingerprint density at radius 2 is 1.90 bits per heavy atom. The second kappa shape index (κ2) is 5.56. The van der Waals surface area contributed by atoms with E-state index in [4.69, 9.17) is 4.55 Å². The highest BCUT2D eigenvalue weighted by Crippen LogP contribution is 2.32. The van der Waals surface area contributed by atoms with E-state index in [0.717, 1.165) is 34.6 Å². The van der Waals surface area contributed by atoms with Gasteiger partial charge in [0.15, 0.2) is 11.1 Å². The van der Waals surface area contributed by atoms with Crippen molar-refractivity contribution in [2.24, 2.45) is 4.99 Å². The van der Waals surface area contributed by atoms with Crippen molar-refractivity contribution in [1.82, 2.24) is 0 Å². The van der Waals surface area contributed by atoms with E-state index in [1.807, 2.05) is 48.7 Å². The van der Waals surface area contributed by atoms with E-state index in [1.165, 1.54) is 0 Å². The predicted molar refractivity (Wildman–Crippen MR) is 83.0 cm³/mol. The number of fused-ring (bicyclic) bond motifs is 1. The van der Waals surface area contributed by atoms with E-state index in [1.54, 1.807) is 0 Å². The SMILES string of the molecule is O=S(O)Cc1ccc(-c2ccc3c(c2)N=CCN3)cc1. The number of hydrogen-bond acceptors (Lipinski definition) is 3. The molecule has 0 radical (unpaired) electrons. The first-order valence-electron chi connectivity index (χ1n) is 6.29. The van der Waals surface area contributed by atoms with E-state index in [2.05, 4.69) is 10.3 Å². The third-order valence-corrected chi connectivity index (χ3v) is 3.77. The van der Waals surface area contributed by atoms with E-state index < -0.39 is 11.1 Å². The maximum Gasteiger partial charge on any atom is 0.157 e. The standard InChI is InChI=1S/C15H14N2O2S/c18-20(19)10-11-1-3-12(4-2-11)13-5-6-14-15(9-13)17-8-7-16-14/h1-6,8-9,16H,7,10H2,(H,18,19). The molecule has 0 bridgehead atoms. The van der Waals surface area contributed by atoms with Crippen LogP contribution in [-0.4, -0.2) is 21.5 Å². The Hall–Kier alpha value is -1.98. The molecular weight excluding hydrogens is 272 g/mol. The maximum atomic E-state index is 10.8. The van der Waals surface area contributed by atoms with Crippen LogP contribution >= 0.6 is 0 Å². The van der Waals surface area contributed by atoms with Crippen LogP contribution in [0.2, 0.25) is 0 Å². The molecule has 3 rings (SSSR count). The minimum absolute atomic E-state index is 0.165. The Morgan fingerprint density at radius 3 is 2.65 bits per heavy atom. The van der Waals surface area contributed by atoms with Crippen molar-refractivity contribution in [3.05, 3.63) is 48.0 Å². The Balaban J connectivity index is 1.89. The predicted octanol–water partition coefficient (Wildman–Crippen LogP) is 3.20. The van der Waals surface area contributed by atoms with Crippen LogP contribution in [0.3, 0.4) is 0 Å². The van der Waals surface area contributed by atoms with Gasteiger partial charge in [-0.05, 0) is 28.8 Å². The summed E-state index contributed by atoms with van der Waals surface area (Å²) in [6.07, 6.45) is 1.85. The van der Waals surface area contributed by atoms with Gasteiger partial charge in [-0.25, -0.2) is 4.21 Å². The van der Waals surface area contributed by atoms with Crippen LogP contribution in [0.15, 0.2) is 47.5 Å². The van der Waals surface area contributed by atoms with Crippen LogP contribution < -0.4 is 5.32 Å². The average Bonchev–Trinajstić information content (AvgIpc) is 2.47. The molecule has 0 spiro atoms. The topological polar surface area (TPSA) is 61.7 Å². The molecule has 20 heavy (non-hydrogen) atoms. The largest absolute Gasteiger partial charge is 0.378 e. The highest BCUT2D eigenvalue weighted by molar-refractivity contribution is 7.78. The summed E-state index contributed by atoms with van der Waals surface area (Å²) >= 11 is -1.80. The number of rotatable bonds is 3. The molecule has 102 valence electrons. The first-order valence-corrected chi connectivity index (χ1v) is 7.57. The summed E-state index contributed by atoms with van der Waals surface area (Å²) < 4.78 is 19.6. The highest BCUT2D eigenvalue weighted by Gasteiger charge is 2.07. The quantitative estimate of drug-likeness (QED) is 0.852. The van der Waals surface area contributed by atoms with Crippen LogP contribution in [0.1, 0.15) is 5.56 Å². The molecule has 0 saturated carbocycles. The minimum Gasteiger partial charge on any atom is -0.378 e. The van der Waals surface area contributed by atoms with Crippen molar-refractivity contribution < 1.29 is 8.76 Å². The minimum atomic E-state index is -1.80. The molecule has 0 amide bonds. The fraction of sp³-hybridized carbons (Fsp3) is 0.133. The summed E-state index contributed by atoms with van der Waals surface area (Å²) in [5, 5.41) is 3.26. The van der Waals surface area contributed by atoms with Crippen LogP contribution in [0.25, 0.3) is 11.1 Å². The van der Waals surface area contributed by atoms with Crippen LogP contribution in [0.4, 0.5) is 11.4 Å². The third-order valence-electron chi connectivity index (χ3n) is 3.19. The number of nitrogens with zero attached hydrogens (tertiary/aromatic N) is 1. The van der Waals surface area contributed by atoms with Crippen molar-refractivity contribution in [3.63, 3.8) is 0 Å². The highest BCUT2D eigenvalue weighted by atomic mass is 32.2. The molecule has 1 heterocycles. The van der Waals surface area contributed by atoms with Gasteiger partial charge in [0, 0.05) is 6.21 Å². The van der Waals surface area contributed by atoms with Gasteiger partial charge < -0.3 is 9.87 Å². The van der Waals surface area contributed by atoms with Gasteiger partial charge in [-0.1, -0.05) is 30.3 Å². The van der Waals surface area contributed by atoms with E-state index in [-0.39, 0.29) is 5.75 Å². The summed E-state index contributed by atoms with van der Waals surface area (Å²) in [4.78, 5) is 4.38. The second-order valence-corrected chi connectivity index (χ2v) is 5.52. The third kappa shape index (κ3) is 2.79. The Labute approximate surface area is 119 Å². The molecule has 0 fully saturated rings. The van der Waals surface area contributed by atoms with E-state index in [0.29, 0.717) is 0 Å². The number of hydrogen-bond donors (Lipinski definition) is 2. The van der Waals surface area contributed by atoms with Gasteiger partial charge in [-0.3, -0.25) is 4.99 Å². The molecule has 2 aromatic rings. The van der Waals surface area contributed by atoms with Crippen molar-refractivity contribution >= 4 is 28.7 Å². The lowest BCUT2D eigenvalue weighted by molar-refractivity contribution is 0.563. The molecular formula is C15H14N2O2S. The number of aliphatic imine (C=N–C) groups is 1. The van der Waals surface area contributed by atoms with Crippen molar-refractivity contribution in [1.29, 1.82) is 0 Å². The molecule has 1 aliphatic heterocycles. The molecule has 1 atom stereocenters. The Bertz CT molecular complexity index is 681. The second-order valence-electron chi connectivity index (χ2n) is 4.59. The molecule has 5 heteroatoms. The molecule has 2 aromatic carbocycles. The lowest BCUT2D eigenvalue weighted by Crippen LogP contribution is -2.06. The zero-order valence-corrected chi connectivity index (χ0v) is 11.6. The summed E-state index contributed by atoms with van der Waals surface area (Å²) in [5.74, 6) is 0.165. The molecule has 0 aliphatic carbocycles. The van der Waals surface area contributed by atoms with Gasteiger partial charge in [0.1, 0.15) is 0 Å². The molecule has 0 saturated heterocycles. The van der Waals surface area contributed by atoms with Gasteiger partial charge in [-0.2, -0.15) is 0 Å². The normalized spacial score (nSPS) is 14.4. The lowest BCUT2D eigenvalue weighted by Gasteiger charge is -2.13. The van der Waals surface area contributed by atoms with Gasteiger partial charge >= 0.3 is 0 Å². The number of benzene rings is 2. The fourth-order valence-corrected chi connectivity index (χ4v) is 2.68. The first kappa shape index (κ1) is 13.0. The monoisotopic (exact) mass is 286 g/mol. The van der Waals surface area contributed by atoms with Crippen LogP contribution in [0.5, 0.6) is 0 Å². The molecule has 4 nitrogen and oxygen atoms in total. The Morgan fingerprint density at radius 1 is 1.15 bits per heavy atom. The van der Waals surface area contributed by atoms with E-state index in [9.17, 15) is 4.21 Å². The van der Waals surface area contributed by atoms with Gasteiger partial charge in [0.25, 0.3) is 0 Å². The van der Waals surface area contributed by atoms with Gasteiger partial charge in [-0.15, -0.1) is 0 Å². The summed E-state index contributed by atoms with van der Waals surface area (Å²) in [6.45, 7) is 0.763. The van der Waals surface area contributed by atoms with E-state index >= 15 is 0 Å². The summed E-state index contributed by atoms with van der Waals surface area (Å²) in [5.41, 5.74) is 4.99. The fourth-order valence-electron chi connectivity index (χ4n) is 2.20. The number of nitrogens with one attached hydrogen (secondary N) is 1. The zero-order valence-electron chi connectivity index (χ0n) is 10.7. The van der Waals surface area contributed by atoms with Crippen LogP contribution in [-0.2, 0) is 16.8 Å². The zero-order chi connectivity index (χ0) is 13.9. The van der Waals surface area contributed by atoms with Gasteiger partial charge in [0.05, 0.1) is 23.7 Å². The molecule has 1 aliphatic rings. The lowest BCUT2D eigenvalue weighted by atomic mass is 10.0. The first-order chi connectivity index (χ1) is 9.72. The summed E-state index contributed by atoms with van der Waals surface area (Å²) in [6, 6.07) is 13.8. The average molecular weight is 286 g/mol.